The summed E-state index contributed by atoms with van der Waals surface area (Å²) in [7, 11) is 0. The van der Waals surface area contributed by atoms with Crippen molar-refractivity contribution in [1.82, 2.24) is 4.98 Å². The number of pyridine rings is 1. The van der Waals surface area contributed by atoms with Crippen molar-refractivity contribution in [3.05, 3.63) is 56.2 Å². The average Bonchev–Trinajstić information content (AvgIpc) is 2.34. The minimum Gasteiger partial charge on any atom is -0.378 e. The average molecular weight is 346 g/mol. The number of hydrogen-bond donors (Lipinski definition) is 1. The van der Waals surface area contributed by atoms with Gasteiger partial charge >= 0.3 is 0 Å². The Kier molecular flexibility index (Phi) is 4.49. The topological polar surface area (TPSA) is 24.9 Å². The smallest absolute Gasteiger partial charge is 0.152 e. The van der Waals surface area contributed by atoms with Gasteiger partial charge in [-0.25, -0.2) is 4.98 Å². The standard InChI is InChI=1S/C13H11BrCl2N2/c1-8-2-3-9(4-11(8)15)6-17-12-5-10(14)7-18-13(12)16/h2-5,7,17H,6H2,1H3. The number of halogens is 3. The molecule has 1 N–H and O–H groups in total. The van der Waals surface area contributed by atoms with Gasteiger partial charge in [-0.3, -0.25) is 0 Å². The van der Waals surface area contributed by atoms with Gasteiger partial charge in [0.25, 0.3) is 0 Å². The van der Waals surface area contributed by atoms with Crippen LogP contribution in [0.25, 0.3) is 0 Å². The molecule has 0 saturated carbocycles. The zero-order chi connectivity index (χ0) is 13.1. The molecule has 0 bridgehead atoms. The molecular weight excluding hydrogens is 335 g/mol. The molecule has 0 radical (unpaired) electrons. The Morgan fingerprint density at radius 2 is 2.06 bits per heavy atom. The van der Waals surface area contributed by atoms with Crippen molar-refractivity contribution in [1.29, 1.82) is 0 Å². The van der Waals surface area contributed by atoms with Crippen LogP contribution in [0, 0.1) is 6.92 Å². The number of nitrogens with zero attached hydrogens (tertiary/aromatic N) is 1. The fraction of sp³-hybridized carbons (Fsp3) is 0.154. The lowest BCUT2D eigenvalue weighted by molar-refractivity contribution is 1.13. The maximum absolute atomic E-state index is 6.08. The largest absolute Gasteiger partial charge is 0.378 e. The van der Waals surface area contributed by atoms with E-state index in [0.29, 0.717) is 11.7 Å². The molecule has 0 atom stereocenters. The Hall–Kier alpha value is -0.770. The van der Waals surface area contributed by atoms with Crippen LogP contribution in [0.4, 0.5) is 5.69 Å². The van der Waals surface area contributed by atoms with Gasteiger partial charge in [-0.15, -0.1) is 0 Å². The summed E-state index contributed by atoms with van der Waals surface area (Å²) < 4.78 is 0.885. The van der Waals surface area contributed by atoms with Crippen LogP contribution in [-0.4, -0.2) is 4.98 Å². The lowest BCUT2D eigenvalue weighted by atomic mass is 10.1. The van der Waals surface area contributed by atoms with Gasteiger partial charge in [0.1, 0.15) is 0 Å². The highest BCUT2D eigenvalue weighted by molar-refractivity contribution is 9.10. The molecule has 1 aromatic carbocycles. The van der Waals surface area contributed by atoms with E-state index in [0.717, 1.165) is 26.3 Å². The highest BCUT2D eigenvalue weighted by Gasteiger charge is 2.03. The number of aromatic nitrogens is 1. The van der Waals surface area contributed by atoms with E-state index in [2.05, 4.69) is 26.2 Å². The molecule has 94 valence electrons. The van der Waals surface area contributed by atoms with Crippen molar-refractivity contribution < 1.29 is 0 Å². The number of anilines is 1. The molecule has 1 aromatic heterocycles. The van der Waals surface area contributed by atoms with E-state index < -0.39 is 0 Å². The monoisotopic (exact) mass is 344 g/mol. The molecule has 0 spiro atoms. The molecule has 1 heterocycles. The molecule has 2 nitrogen and oxygen atoms in total. The van der Waals surface area contributed by atoms with E-state index >= 15 is 0 Å². The van der Waals surface area contributed by atoms with Crippen molar-refractivity contribution in [2.24, 2.45) is 0 Å². The van der Waals surface area contributed by atoms with E-state index in [1.807, 2.05) is 31.2 Å². The third-order valence-electron chi connectivity index (χ3n) is 2.52. The van der Waals surface area contributed by atoms with Crippen LogP contribution in [0.2, 0.25) is 10.2 Å². The van der Waals surface area contributed by atoms with Crippen LogP contribution in [0.15, 0.2) is 34.9 Å². The molecule has 2 aromatic rings. The van der Waals surface area contributed by atoms with E-state index in [9.17, 15) is 0 Å². The molecule has 0 saturated heterocycles. The first-order valence-electron chi connectivity index (χ1n) is 5.36. The maximum atomic E-state index is 6.08. The Balaban J connectivity index is 2.11. The molecule has 0 aliphatic heterocycles. The summed E-state index contributed by atoms with van der Waals surface area (Å²) in [5.41, 5.74) is 2.96. The zero-order valence-electron chi connectivity index (χ0n) is 9.67. The van der Waals surface area contributed by atoms with Gasteiger partial charge < -0.3 is 5.32 Å². The van der Waals surface area contributed by atoms with Crippen LogP contribution >= 0.6 is 39.1 Å². The van der Waals surface area contributed by atoms with Gasteiger partial charge in [-0.2, -0.15) is 0 Å². The Morgan fingerprint density at radius 3 is 2.78 bits per heavy atom. The van der Waals surface area contributed by atoms with E-state index in [1.54, 1.807) is 6.20 Å². The number of aryl methyl sites for hydroxylation is 1. The van der Waals surface area contributed by atoms with Gasteiger partial charge in [0, 0.05) is 22.2 Å². The summed E-state index contributed by atoms with van der Waals surface area (Å²) in [5.74, 6) is 0. The molecule has 0 amide bonds. The summed E-state index contributed by atoms with van der Waals surface area (Å²) in [6.45, 7) is 2.63. The van der Waals surface area contributed by atoms with Crippen LogP contribution < -0.4 is 5.32 Å². The SMILES string of the molecule is Cc1ccc(CNc2cc(Br)cnc2Cl)cc1Cl. The zero-order valence-corrected chi connectivity index (χ0v) is 12.8. The van der Waals surface area contributed by atoms with E-state index in [4.69, 9.17) is 23.2 Å². The predicted molar refractivity (Wildman–Crippen MR) is 80.5 cm³/mol. The van der Waals surface area contributed by atoms with Gasteiger partial charge in [-0.05, 0) is 46.1 Å². The van der Waals surface area contributed by atoms with Gasteiger partial charge in [-0.1, -0.05) is 35.3 Å². The van der Waals surface area contributed by atoms with Crippen molar-refractivity contribution in [2.45, 2.75) is 13.5 Å². The number of rotatable bonds is 3. The second-order valence-corrected chi connectivity index (χ2v) is 5.61. The van der Waals surface area contributed by atoms with Crippen molar-refractivity contribution in [3.63, 3.8) is 0 Å². The normalized spacial score (nSPS) is 10.4. The van der Waals surface area contributed by atoms with Crippen molar-refractivity contribution >= 4 is 44.8 Å². The van der Waals surface area contributed by atoms with E-state index in [-0.39, 0.29) is 0 Å². The van der Waals surface area contributed by atoms with Crippen molar-refractivity contribution in [2.75, 3.05) is 5.32 Å². The van der Waals surface area contributed by atoms with Crippen LogP contribution in [0.5, 0.6) is 0 Å². The predicted octanol–water partition coefficient (Wildman–Crippen LogP) is 5.07. The van der Waals surface area contributed by atoms with Crippen LogP contribution in [0.3, 0.4) is 0 Å². The fourth-order valence-electron chi connectivity index (χ4n) is 1.49. The Labute approximate surface area is 124 Å². The van der Waals surface area contributed by atoms with Gasteiger partial charge in [0.05, 0.1) is 5.69 Å². The lowest BCUT2D eigenvalue weighted by Gasteiger charge is -2.09. The van der Waals surface area contributed by atoms with Gasteiger partial charge in [0.2, 0.25) is 0 Å². The summed E-state index contributed by atoms with van der Waals surface area (Å²) in [5, 5.41) is 4.46. The third kappa shape index (κ3) is 3.37. The molecule has 0 aliphatic carbocycles. The minimum absolute atomic E-state index is 0.455. The fourth-order valence-corrected chi connectivity index (χ4v) is 2.19. The Morgan fingerprint density at radius 1 is 1.28 bits per heavy atom. The highest BCUT2D eigenvalue weighted by atomic mass is 79.9. The molecule has 18 heavy (non-hydrogen) atoms. The van der Waals surface area contributed by atoms with Gasteiger partial charge in [0.15, 0.2) is 5.15 Å². The molecule has 2 rings (SSSR count). The van der Waals surface area contributed by atoms with Crippen LogP contribution in [-0.2, 0) is 6.54 Å². The first kappa shape index (κ1) is 13.7. The summed E-state index contributed by atoms with van der Waals surface area (Å²) in [6, 6.07) is 7.88. The maximum Gasteiger partial charge on any atom is 0.152 e. The second-order valence-electron chi connectivity index (χ2n) is 3.93. The first-order chi connectivity index (χ1) is 8.56. The first-order valence-corrected chi connectivity index (χ1v) is 6.91. The number of nitrogens with one attached hydrogen (secondary N) is 1. The van der Waals surface area contributed by atoms with Crippen LogP contribution in [0.1, 0.15) is 11.1 Å². The lowest BCUT2D eigenvalue weighted by Crippen LogP contribution is -2.01. The molecular formula is C13H11BrCl2N2. The van der Waals surface area contributed by atoms with Crippen molar-refractivity contribution in [3.8, 4) is 0 Å². The molecule has 0 unspecified atom stereocenters. The minimum atomic E-state index is 0.455. The van der Waals surface area contributed by atoms with E-state index in [1.165, 1.54) is 0 Å². The Bertz CT molecular complexity index is 573. The molecule has 0 fully saturated rings. The quantitative estimate of drug-likeness (QED) is 0.785. The third-order valence-corrected chi connectivity index (χ3v) is 3.67. The molecule has 5 heteroatoms. The number of benzene rings is 1. The highest BCUT2D eigenvalue weighted by Crippen LogP contribution is 2.24. The summed E-state index contributed by atoms with van der Waals surface area (Å²) in [4.78, 5) is 4.05. The summed E-state index contributed by atoms with van der Waals surface area (Å²) >= 11 is 15.4. The summed E-state index contributed by atoms with van der Waals surface area (Å²) in [6.07, 6.45) is 1.66. The second kappa shape index (κ2) is 5.91. The number of hydrogen-bond acceptors (Lipinski definition) is 2. The molecule has 0 aliphatic rings.